The topological polar surface area (TPSA) is 52.8 Å². The van der Waals surface area contributed by atoms with Gasteiger partial charge in [-0.2, -0.15) is 16.8 Å². The van der Waals surface area contributed by atoms with Crippen LogP contribution >= 0.6 is 23.1 Å². The molecule has 2 aromatic carbocycles. The highest BCUT2D eigenvalue weighted by atomic mass is 32.2. The summed E-state index contributed by atoms with van der Waals surface area (Å²) >= 11 is 3.22. The first-order chi connectivity index (χ1) is 13.7. The van der Waals surface area contributed by atoms with E-state index in [4.69, 9.17) is 9.47 Å². The number of carbonyl (C=O) groups is 1. The highest BCUT2D eigenvalue weighted by Crippen LogP contribution is 2.33. The van der Waals surface area contributed by atoms with Gasteiger partial charge in [0.25, 0.3) is 5.91 Å². The molecule has 0 aliphatic carbocycles. The number of amides is 1. The van der Waals surface area contributed by atoms with Gasteiger partial charge < -0.3 is 14.0 Å². The number of methoxy groups -OCH3 is 2. The number of hydrogen-bond donors (Lipinski definition) is 0. The summed E-state index contributed by atoms with van der Waals surface area (Å²) in [5, 5.41) is 0. The first-order valence-corrected chi connectivity index (χ1v) is 10.9. The molecule has 0 saturated carbocycles. The Balaban J connectivity index is 2.03. The molecule has 0 saturated heterocycles. The number of thioether (sulfide) groups is 1. The SMILES string of the molecule is COc1cc2sc(=NC(=O)C=Cc3ccccc3)n(CCSC)c2cc1OC. The fraction of sp³-hybridized carbons (Fsp3) is 0.238. The van der Waals surface area contributed by atoms with Gasteiger partial charge in [0, 0.05) is 30.5 Å². The highest BCUT2D eigenvalue weighted by Gasteiger charge is 2.13. The Morgan fingerprint density at radius 3 is 2.57 bits per heavy atom. The summed E-state index contributed by atoms with van der Waals surface area (Å²) < 4.78 is 13.9. The van der Waals surface area contributed by atoms with Crippen LogP contribution in [0.3, 0.4) is 0 Å². The number of ether oxygens (including phenoxy) is 2. The number of thiazole rings is 1. The van der Waals surface area contributed by atoms with Gasteiger partial charge in [0.2, 0.25) is 0 Å². The number of hydrogen-bond acceptors (Lipinski definition) is 5. The molecule has 0 unspecified atom stereocenters. The van der Waals surface area contributed by atoms with Crippen molar-refractivity contribution in [3.63, 3.8) is 0 Å². The van der Waals surface area contributed by atoms with E-state index in [1.54, 1.807) is 32.1 Å². The van der Waals surface area contributed by atoms with Crippen LogP contribution in [0.1, 0.15) is 5.56 Å². The molecule has 0 N–H and O–H groups in total. The molecule has 0 bridgehead atoms. The molecule has 7 heteroatoms. The fourth-order valence-corrected chi connectivity index (χ4v) is 4.18. The third kappa shape index (κ3) is 4.66. The number of aryl methyl sites for hydroxylation is 1. The van der Waals surface area contributed by atoms with Gasteiger partial charge in [0.05, 0.1) is 24.4 Å². The van der Waals surface area contributed by atoms with Crippen LogP contribution in [-0.4, -0.2) is 36.7 Å². The van der Waals surface area contributed by atoms with Crippen molar-refractivity contribution >= 4 is 45.3 Å². The number of rotatable bonds is 7. The van der Waals surface area contributed by atoms with Crippen LogP contribution in [0, 0.1) is 0 Å². The molecule has 0 aliphatic heterocycles. The van der Waals surface area contributed by atoms with Crippen LogP contribution in [0.2, 0.25) is 0 Å². The van der Waals surface area contributed by atoms with E-state index >= 15 is 0 Å². The monoisotopic (exact) mass is 414 g/mol. The summed E-state index contributed by atoms with van der Waals surface area (Å²) in [4.78, 5) is 17.4. The van der Waals surface area contributed by atoms with Gasteiger partial charge in [0.15, 0.2) is 16.3 Å². The van der Waals surface area contributed by atoms with Crippen molar-refractivity contribution in [2.45, 2.75) is 6.54 Å². The molecule has 3 aromatic rings. The zero-order chi connectivity index (χ0) is 19.9. The zero-order valence-corrected chi connectivity index (χ0v) is 17.7. The highest BCUT2D eigenvalue weighted by molar-refractivity contribution is 7.98. The Morgan fingerprint density at radius 1 is 1.18 bits per heavy atom. The number of fused-ring (bicyclic) bond motifs is 1. The summed E-state index contributed by atoms with van der Waals surface area (Å²) in [7, 11) is 3.23. The van der Waals surface area contributed by atoms with Gasteiger partial charge in [-0.15, -0.1) is 0 Å². The predicted molar refractivity (Wildman–Crippen MR) is 117 cm³/mol. The minimum Gasteiger partial charge on any atom is -0.493 e. The molecule has 3 rings (SSSR count). The summed E-state index contributed by atoms with van der Waals surface area (Å²) in [6.07, 6.45) is 5.33. The van der Waals surface area contributed by atoms with Crippen LogP contribution < -0.4 is 14.3 Å². The molecule has 0 aliphatic rings. The van der Waals surface area contributed by atoms with Gasteiger partial charge in [-0.25, -0.2) is 0 Å². The lowest BCUT2D eigenvalue weighted by Crippen LogP contribution is -2.17. The summed E-state index contributed by atoms with van der Waals surface area (Å²) in [5.74, 6) is 1.96. The van der Waals surface area contributed by atoms with Crippen LogP contribution in [0.25, 0.3) is 16.3 Å². The molecule has 146 valence electrons. The molecule has 0 atom stereocenters. The fourth-order valence-electron chi connectivity index (χ4n) is 2.74. The molecule has 1 aromatic heterocycles. The molecular formula is C21H22N2O3S2. The van der Waals surface area contributed by atoms with E-state index in [1.807, 2.05) is 42.5 Å². The standard InChI is InChI=1S/C21H22N2O3S2/c1-25-17-13-16-19(14-18(17)26-2)28-21(23(16)11-12-27-3)22-20(24)10-9-15-7-5-4-6-8-15/h4-10,13-14H,11-12H2,1-3H3. The Morgan fingerprint density at radius 2 is 1.89 bits per heavy atom. The van der Waals surface area contributed by atoms with Crippen molar-refractivity contribution in [3.05, 3.63) is 58.9 Å². The van der Waals surface area contributed by atoms with Gasteiger partial charge in [-0.3, -0.25) is 4.79 Å². The third-order valence-electron chi connectivity index (χ3n) is 4.13. The van der Waals surface area contributed by atoms with E-state index in [0.29, 0.717) is 16.3 Å². The second-order valence-corrected chi connectivity index (χ2v) is 7.89. The van der Waals surface area contributed by atoms with Crippen molar-refractivity contribution in [2.75, 3.05) is 26.2 Å². The number of carbonyl (C=O) groups excluding carboxylic acids is 1. The Hall–Kier alpha value is -2.51. The molecule has 28 heavy (non-hydrogen) atoms. The van der Waals surface area contributed by atoms with Gasteiger partial charge in [0.1, 0.15) is 0 Å². The molecule has 0 radical (unpaired) electrons. The second-order valence-electron chi connectivity index (χ2n) is 5.90. The predicted octanol–water partition coefficient (Wildman–Crippen LogP) is 4.22. The van der Waals surface area contributed by atoms with Crippen LogP contribution in [-0.2, 0) is 11.3 Å². The maximum atomic E-state index is 12.4. The lowest BCUT2D eigenvalue weighted by atomic mass is 10.2. The molecule has 5 nitrogen and oxygen atoms in total. The first kappa shape index (κ1) is 20.2. The maximum Gasteiger partial charge on any atom is 0.272 e. The second kappa shape index (κ2) is 9.61. The van der Waals surface area contributed by atoms with E-state index in [2.05, 4.69) is 15.8 Å². The maximum absolute atomic E-state index is 12.4. The van der Waals surface area contributed by atoms with Crippen molar-refractivity contribution in [1.29, 1.82) is 0 Å². The van der Waals surface area contributed by atoms with Crippen LogP contribution in [0.15, 0.2) is 53.5 Å². The Labute approximate surface area is 172 Å². The summed E-state index contributed by atoms with van der Waals surface area (Å²) in [5.41, 5.74) is 1.95. The molecule has 1 heterocycles. The lowest BCUT2D eigenvalue weighted by molar-refractivity contribution is -0.113. The number of nitrogens with zero attached hydrogens (tertiary/aromatic N) is 2. The average Bonchev–Trinajstić information content (AvgIpc) is 3.05. The summed E-state index contributed by atoms with van der Waals surface area (Å²) in [6.45, 7) is 0.755. The molecule has 1 amide bonds. The van der Waals surface area contributed by atoms with E-state index in [0.717, 1.165) is 28.1 Å². The summed E-state index contributed by atoms with van der Waals surface area (Å²) in [6, 6.07) is 13.6. The molecular weight excluding hydrogens is 392 g/mol. The van der Waals surface area contributed by atoms with Crippen LogP contribution in [0.5, 0.6) is 11.5 Å². The lowest BCUT2D eigenvalue weighted by Gasteiger charge is -2.09. The molecule has 0 spiro atoms. The van der Waals surface area contributed by atoms with Crippen molar-refractivity contribution < 1.29 is 14.3 Å². The average molecular weight is 415 g/mol. The Bertz CT molecular complexity index is 1050. The zero-order valence-electron chi connectivity index (χ0n) is 16.0. The smallest absolute Gasteiger partial charge is 0.272 e. The first-order valence-electron chi connectivity index (χ1n) is 8.72. The van der Waals surface area contributed by atoms with Crippen molar-refractivity contribution in [3.8, 4) is 11.5 Å². The van der Waals surface area contributed by atoms with Crippen molar-refractivity contribution in [1.82, 2.24) is 4.57 Å². The molecule has 0 fully saturated rings. The minimum atomic E-state index is -0.285. The van der Waals surface area contributed by atoms with Gasteiger partial charge in [-0.05, 0) is 17.9 Å². The third-order valence-corrected chi connectivity index (χ3v) is 5.76. The van der Waals surface area contributed by atoms with Gasteiger partial charge >= 0.3 is 0 Å². The van der Waals surface area contributed by atoms with Gasteiger partial charge in [-0.1, -0.05) is 41.7 Å². The van der Waals surface area contributed by atoms with Crippen LogP contribution in [0.4, 0.5) is 0 Å². The Kier molecular flexibility index (Phi) is 6.95. The van der Waals surface area contributed by atoms with E-state index < -0.39 is 0 Å². The van der Waals surface area contributed by atoms with E-state index in [9.17, 15) is 4.79 Å². The van der Waals surface area contributed by atoms with E-state index in [1.165, 1.54) is 17.4 Å². The normalized spacial score (nSPS) is 12.0. The quantitative estimate of drug-likeness (QED) is 0.543. The number of benzene rings is 2. The number of aromatic nitrogens is 1. The van der Waals surface area contributed by atoms with Crippen molar-refractivity contribution in [2.24, 2.45) is 4.99 Å². The largest absolute Gasteiger partial charge is 0.493 e. The van der Waals surface area contributed by atoms with E-state index in [-0.39, 0.29) is 5.91 Å². The minimum absolute atomic E-state index is 0.285.